The summed E-state index contributed by atoms with van der Waals surface area (Å²) in [6.45, 7) is 0. The van der Waals surface area contributed by atoms with Gasteiger partial charge in [0.2, 0.25) is 0 Å². The standard InChI is InChI=1S/C8H6BrNS/c9-10-7-4-2-1-3-6(7)5-8(10)11/h1-5,11H. The van der Waals surface area contributed by atoms with E-state index in [1.165, 1.54) is 5.39 Å². The Kier molecular flexibility index (Phi) is 1.69. The van der Waals surface area contributed by atoms with E-state index >= 15 is 0 Å². The molecule has 11 heavy (non-hydrogen) atoms. The Balaban J connectivity index is 2.92. The van der Waals surface area contributed by atoms with Gasteiger partial charge in [-0.2, -0.15) is 0 Å². The van der Waals surface area contributed by atoms with Gasteiger partial charge in [0.05, 0.1) is 26.7 Å². The topological polar surface area (TPSA) is 4.93 Å². The lowest BCUT2D eigenvalue weighted by Crippen LogP contribution is -1.75. The SMILES string of the molecule is Sc1cc2ccccc2n1Br. The number of fused-ring (bicyclic) bond motifs is 1. The van der Waals surface area contributed by atoms with Crippen LogP contribution >= 0.6 is 28.8 Å². The summed E-state index contributed by atoms with van der Waals surface area (Å²) in [4.78, 5) is 0. The van der Waals surface area contributed by atoms with Gasteiger partial charge in [0, 0.05) is 5.39 Å². The molecule has 0 N–H and O–H groups in total. The molecule has 0 bridgehead atoms. The van der Waals surface area contributed by atoms with E-state index in [0.29, 0.717) is 0 Å². The fraction of sp³-hybridized carbons (Fsp3) is 0. The number of thiol groups is 1. The van der Waals surface area contributed by atoms with Gasteiger partial charge in [0.15, 0.2) is 0 Å². The normalized spacial score (nSPS) is 10.7. The quantitative estimate of drug-likeness (QED) is 0.661. The van der Waals surface area contributed by atoms with Crippen molar-refractivity contribution in [3.05, 3.63) is 30.3 Å². The van der Waals surface area contributed by atoms with Crippen LogP contribution in [0, 0.1) is 0 Å². The van der Waals surface area contributed by atoms with E-state index in [2.05, 4.69) is 34.8 Å². The third-order valence-electron chi connectivity index (χ3n) is 1.63. The summed E-state index contributed by atoms with van der Waals surface area (Å²) in [5.41, 5.74) is 1.15. The van der Waals surface area contributed by atoms with Crippen LogP contribution in [0.25, 0.3) is 10.9 Å². The molecule has 3 heteroatoms. The molecular weight excluding hydrogens is 222 g/mol. The van der Waals surface area contributed by atoms with Gasteiger partial charge < -0.3 is 0 Å². The molecule has 0 spiro atoms. The molecule has 0 aliphatic rings. The van der Waals surface area contributed by atoms with Crippen LogP contribution in [0.2, 0.25) is 0 Å². The van der Waals surface area contributed by atoms with Crippen LogP contribution in [0.5, 0.6) is 0 Å². The number of para-hydroxylation sites is 1. The zero-order valence-electron chi connectivity index (χ0n) is 5.66. The molecule has 1 aromatic heterocycles. The molecule has 1 aromatic carbocycles. The molecule has 1 heterocycles. The third-order valence-corrected chi connectivity index (χ3v) is 3.00. The summed E-state index contributed by atoms with van der Waals surface area (Å²) < 4.78 is 1.88. The molecule has 0 radical (unpaired) electrons. The maximum absolute atomic E-state index is 4.27. The van der Waals surface area contributed by atoms with Gasteiger partial charge in [-0.05, 0) is 12.1 Å². The van der Waals surface area contributed by atoms with Crippen molar-refractivity contribution in [3.8, 4) is 0 Å². The fourth-order valence-electron chi connectivity index (χ4n) is 1.11. The molecule has 1 nitrogen and oxygen atoms in total. The first-order valence-electron chi connectivity index (χ1n) is 3.24. The fourth-order valence-corrected chi connectivity index (χ4v) is 1.78. The highest BCUT2D eigenvalue weighted by atomic mass is 79.9. The van der Waals surface area contributed by atoms with Crippen molar-refractivity contribution < 1.29 is 0 Å². The Bertz CT molecular complexity index is 394. The highest BCUT2D eigenvalue weighted by Gasteiger charge is 2.00. The first-order chi connectivity index (χ1) is 5.29. The van der Waals surface area contributed by atoms with Crippen LogP contribution in [-0.2, 0) is 0 Å². The molecule has 0 saturated heterocycles. The van der Waals surface area contributed by atoms with Crippen molar-refractivity contribution in [2.45, 2.75) is 5.03 Å². The number of benzene rings is 1. The number of hydrogen-bond donors (Lipinski definition) is 1. The van der Waals surface area contributed by atoms with Crippen molar-refractivity contribution >= 4 is 39.7 Å². The summed E-state index contributed by atoms with van der Waals surface area (Å²) >= 11 is 7.66. The molecule has 2 aromatic rings. The van der Waals surface area contributed by atoms with E-state index in [1.807, 2.05) is 27.9 Å². The summed E-state index contributed by atoms with van der Waals surface area (Å²) in [6.07, 6.45) is 0. The summed E-state index contributed by atoms with van der Waals surface area (Å²) in [6, 6.07) is 10.2. The Morgan fingerprint density at radius 3 is 2.73 bits per heavy atom. The zero-order valence-corrected chi connectivity index (χ0v) is 8.14. The largest absolute Gasteiger partial charge is 0.271 e. The van der Waals surface area contributed by atoms with E-state index in [0.717, 1.165) is 10.5 Å². The van der Waals surface area contributed by atoms with Gasteiger partial charge in [-0.1, -0.05) is 18.2 Å². The van der Waals surface area contributed by atoms with E-state index < -0.39 is 0 Å². The highest BCUT2D eigenvalue weighted by Crippen LogP contribution is 2.23. The second kappa shape index (κ2) is 2.57. The van der Waals surface area contributed by atoms with Gasteiger partial charge in [-0.15, -0.1) is 12.6 Å². The first-order valence-corrected chi connectivity index (χ1v) is 4.40. The van der Waals surface area contributed by atoms with Crippen molar-refractivity contribution in [1.29, 1.82) is 0 Å². The molecule has 0 aliphatic carbocycles. The lowest BCUT2D eigenvalue weighted by Gasteiger charge is -1.92. The maximum Gasteiger partial charge on any atom is 0.0836 e. The lowest BCUT2D eigenvalue weighted by molar-refractivity contribution is 1.18. The smallest absolute Gasteiger partial charge is 0.0836 e. The van der Waals surface area contributed by atoms with Gasteiger partial charge >= 0.3 is 0 Å². The van der Waals surface area contributed by atoms with Crippen molar-refractivity contribution in [3.63, 3.8) is 0 Å². The van der Waals surface area contributed by atoms with Crippen LogP contribution in [0.15, 0.2) is 35.4 Å². The second-order valence-electron chi connectivity index (χ2n) is 2.34. The van der Waals surface area contributed by atoms with Crippen molar-refractivity contribution in [1.82, 2.24) is 3.59 Å². The monoisotopic (exact) mass is 227 g/mol. The van der Waals surface area contributed by atoms with Crippen LogP contribution in [0.3, 0.4) is 0 Å². The predicted octanol–water partition coefficient (Wildman–Crippen LogP) is 3.09. The van der Waals surface area contributed by atoms with Crippen LogP contribution in [0.1, 0.15) is 0 Å². The molecule has 0 amide bonds. The third kappa shape index (κ3) is 1.08. The molecule has 0 aliphatic heterocycles. The van der Waals surface area contributed by atoms with E-state index in [4.69, 9.17) is 0 Å². The molecule has 56 valence electrons. The lowest BCUT2D eigenvalue weighted by atomic mass is 10.3. The molecule has 0 unspecified atom stereocenters. The zero-order chi connectivity index (χ0) is 7.84. The minimum Gasteiger partial charge on any atom is -0.271 e. The minimum atomic E-state index is 0.922. The Hall–Kier alpha value is -0.410. The summed E-state index contributed by atoms with van der Waals surface area (Å²) in [5, 5.41) is 2.13. The summed E-state index contributed by atoms with van der Waals surface area (Å²) in [7, 11) is 0. The Morgan fingerprint density at radius 2 is 2.00 bits per heavy atom. The molecule has 0 fully saturated rings. The molecule has 2 rings (SSSR count). The number of hydrogen-bond acceptors (Lipinski definition) is 1. The average molecular weight is 228 g/mol. The minimum absolute atomic E-state index is 0.922. The van der Waals surface area contributed by atoms with E-state index in [1.54, 1.807) is 0 Å². The molecule has 0 saturated carbocycles. The van der Waals surface area contributed by atoms with Gasteiger partial charge in [-0.3, -0.25) is 3.59 Å². The van der Waals surface area contributed by atoms with Crippen LogP contribution in [0.4, 0.5) is 0 Å². The van der Waals surface area contributed by atoms with E-state index in [-0.39, 0.29) is 0 Å². The Morgan fingerprint density at radius 1 is 1.27 bits per heavy atom. The number of aromatic nitrogens is 1. The highest BCUT2D eigenvalue weighted by molar-refractivity contribution is 9.08. The number of halogens is 1. The van der Waals surface area contributed by atoms with Gasteiger partial charge in [-0.25, -0.2) is 0 Å². The number of rotatable bonds is 0. The first kappa shape index (κ1) is 7.25. The van der Waals surface area contributed by atoms with Gasteiger partial charge in [0.1, 0.15) is 0 Å². The average Bonchev–Trinajstić information content (AvgIpc) is 2.30. The van der Waals surface area contributed by atoms with Crippen LogP contribution in [-0.4, -0.2) is 3.59 Å². The van der Waals surface area contributed by atoms with Crippen molar-refractivity contribution in [2.75, 3.05) is 0 Å². The maximum atomic E-state index is 4.27. The Labute approximate surface area is 78.8 Å². The summed E-state index contributed by atoms with van der Waals surface area (Å²) in [5.74, 6) is 0. The van der Waals surface area contributed by atoms with Crippen LogP contribution < -0.4 is 0 Å². The van der Waals surface area contributed by atoms with E-state index in [9.17, 15) is 0 Å². The van der Waals surface area contributed by atoms with Gasteiger partial charge in [0.25, 0.3) is 0 Å². The second-order valence-corrected chi connectivity index (χ2v) is 3.51. The molecule has 0 atom stereocenters. The van der Waals surface area contributed by atoms with Crippen molar-refractivity contribution in [2.24, 2.45) is 0 Å². The predicted molar refractivity (Wildman–Crippen MR) is 53.5 cm³/mol. The number of nitrogens with zero attached hydrogens (tertiary/aromatic N) is 1. The molecular formula is C8H6BrNS.